The Kier molecular flexibility index (Phi) is 4.38. The predicted molar refractivity (Wildman–Crippen MR) is 83.2 cm³/mol. The van der Waals surface area contributed by atoms with Crippen LogP contribution in [0.15, 0.2) is 15.7 Å². The first-order valence-corrected chi connectivity index (χ1v) is 9.76. The van der Waals surface area contributed by atoms with E-state index in [1.165, 1.54) is 11.3 Å². The third-order valence-electron chi connectivity index (χ3n) is 4.46. The van der Waals surface area contributed by atoms with Crippen molar-refractivity contribution in [2.45, 2.75) is 36.6 Å². The quantitative estimate of drug-likeness (QED) is 0.843. The van der Waals surface area contributed by atoms with Crippen molar-refractivity contribution >= 4 is 21.4 Å². The second-order valence-corrected chi connectivity index (χ2v) is 8.70. The van der Waals surface area contributed by atoms with Gasteiger partial charge in [0, 0.05) is 25.7 Å². The minimum Gasteiger partial charge on any atom is -0.375 e. The molecule has 3 rings (SSSR count). The number of hydrogen-bond donors (Lipinski definition) is 0. The molecule has 1 aromatic rings. The highest BCUT2D eigenvalue weighted by molar-refractivity contribution is 7.91. The summed E-state index contributed by atoms with van der Waals surface area (Å²) in [7, 11) is -3.36. The second kappa shape index (κ2) is 5.96. The Labute approximate surface area is 130 Å². The Morgan fingerprint density at radius 1 is 1.43 bits per heavy atom. The van der Waals surface area contributed by atoms with E-state index in [9.17, 15) is 8.42 Å². The maximum atomic E-state index is 12.8. The lowest BCUT2D eigenvalue weighted by atomic mass is 10.0. The smallest absolute Gasteiger partial charge is 0.252 e. The normalized spacial score (nSPS) is 28.5. The maximum absolute atomic E-state index is 12.8. The number of morpholine rings is 1. The SMILES string of the molecule is CCN1CCO[C@@H]2CCN(S(=O)(=O)c3sccc3C)C[C@H]21. The number of fused-ring (bicyclic) bond motifs is 1. The Bertz CT molecular complexity index is 593. The van der Waals surface area contributed by atoms with E-state index in [1.54, 1.807) is 4.31 Å². The molecule has 0 aromatic carbocycles. The van der Waals surface area contributed by atoms with Crippen LogP contribution in [0.4, 0.5) is 0 Å². The predicted octanol–water partition coefficient (Wildman–Crippen LogP) is 1.54. The molecule has 0 N–H and O–H groups in total. The number of hydrogen-bond acceptors (Lipinski definition) is 5. The number of ether oxygens (including phenoxy) is 1. The van der Waals surface area contributed by atoms with E-state index in [2.05, 4.69) is 11.8 Å². The number of piperidine rings is 1. The van der Waals surface area contributed by atoms with Crippen molar-refractivity contribution in [2.24, 2.45) is 0 Å². The van der Waals surface area contributed by atoms with Crippen LogP contribution < -0.4 is 0 Å². The Morgan fingerprint density at radius 2 is 2.24 bits per heavy atom. The molecular formula is C14H22N2O3S2. The van der Waals surface area contributed by atoms with Gasteiger partial charge in [0.25, 0.3) is 10.0 Å². The lowest BCUT2D eigenvalue weighted by Crippen LogP contribution is -2.60. The van der Waals surface area contributed by atoms with Gasteiger partial charge in [0.2, 0.25) is 0 Å². The van der Waals surface area contributed by atoms with Gasteiger partial charge in [-0.05, 0) is 36.9 Å². The van der Waals surface area contributed by atoms with Gasteiger partial charge in [-0.1, -0.05) is 6.92 Å². The second-order valence-electron chi connectivity index (χ2n) is 5.65. The van der Waals surface area contributed by atoms with Gasteiger partial charge in [0.1, 0.15) is 4.21 Å². The van der Waals surface area contributed by atoms with E-state index in [1.807, 2.05) is 18.4 Å². The van der Waals surface area contributed by atoms with Gasteiger partial charge in [0.05, 0.1) is 12.7 Å². The highest BCUT2D eigenvalue weighted by Gasteiger charge is 2.40. The van der Waals surface area contributed by atoms with Crippen LogP contribution in [-0.4, -0.2) is 62.6 Å². The molecule has 0 amide bonds. The maximum Gasteiger partial charge on any atom is 0.252 e. The third-order valence-corrected chi connectivity index (χ3v) is 7.99. The molecule has 0 aliphatic carbocycles. The summed E-state index contributed by atoms with van der Waals surface area (Å²) in [6, 6.07) is 2.05. The topological polar surface area (TPSA) is 49.9 Å². The van der Waals surface area contributed by atoms with Crippen molar-refractivity contribution in [1.82, 2.24) is 9.21 Å². The van der Waals surface area contributed by atoms with Gasteiger partial charge < -0.3 is 4.74 Å². The molecule has 21 heavy (non-hydrogen) atoms. The summed E-state index contributed by atoms with van der Waals surface area (Å²) in [6.45, 7) is 7.67. The minimum absolute atomic E-state index is 0.176. The van der Waals surface area contributed by atoms with Gasteiger partial charge in [0.15, 0.2) is 0 Å². The zero-order valence-electron chi connectivity index (χ0n) is 12.5. The van der Waals surface area contributed by atoms with Crippen molar-refractivity contribution in [1.29, 1.82) is 0 Å². The van der Waals surface area contributed by atoms with Gasteiger partial charge in [-0.2, -0.15) is 4.31 Å². The van der Waals surface area contributed by atoms with Gasteiger partial charge >= 0.3 is 0 Å². The first-order chi connectivity index (χ1) is 10.0. The average Bonchev–Trinajstić information content (AvgIpc) is 2.93. The molecule has 0 unspecified atom stereocenters. The van der Waals surface area contributed by atoms with E-state index < -0.39 is 10.0 Å². The zero-order valence-corrected chi connectivity index (χ0v) is 14.1. The molecule has 1 aromatic heterocycles. The van der Waals surface area contributed by atoms with Gasteiger partial charge in [-0.15, -0.1) is 11.3 Å². The van der Waals surface area contributed by atoms with Crippen molar-refractivity contribution in [2.75, 3.05) is 32.8 Å². The lowest BCUT2D eigenvalue weighted by Gasteiger charge is -2.46. The van der Waals surface area contributed by atoms with Crippen LogP contribution in [0.5, 0.6) is 0 Å². The summed E-state index contributed by atoms with van der Waals surface area (Å²) in [5, 5.41) is 1.84. The molecular weight excluding hydrogens is 308 g/mol. The highest BCUT2D eigenvalue weighted by atomic mass is 32.2. The van der Waals surface area contributed by atoms with Crippen molar-refractivity contribution in [3.05, 3.63) is 17.0 Å². The Morgan fingerprint density at radius 3 is 2.90 bits per heavy atom. The fourth-order valence-corrected chi connectivity index (χ4v) is 6.29. The molecule has 0 bridgehead atoms. The fourth-order valence-electron chi connectivity index (χ4n) is 3.26. The van der Waals surface area contributed by atoms with Crippen LogP contribution in [0.2, 0.25) is 0 Å². The van der Waals surface area contributed by atoms with E-state index in [-0.39, 0.29) is 12.1 Å². The van der Waals surface area contributed by atoms with Crippen LogP contribution in [0.1, 0.15) is 18.9 Å². The number of likely N-dealkylation sites (N-methyl/N-ethyl adjacent to an activating group) is 1. The summed E-state index contributed by atoms with van der Waals surface area (Å²) in [5.41, 5.74) is 0.842. The summed E-state index contributed by atoms with van der Waals surface area (Å²) >= 11 is 1.31. The van der Waals surface area contributed by atoms with Crippen LogP contribution in [0.25, 0.3) is 0 Å². The molecule has 5 nitrogen and oxygen atoms in total. The highest BCUT2D eigenvalue weighted by Crippen LogP contribution is 2.30. The van der Waals surface area contributed by atoms with E-state index >= 15 is 0 Å². The van der Waals surface area contributed by atoms with Crippen LogP contribution in [0.3, 0.4) is 0 Å². The molecule has 2 atom stereocenters. The van der Waals surface area contributed by atoms with E-state index in [4.69, 9.17) is 4.74 Å². The molecule has 2 saturated heterocycles. The zero-order chi connectivity index (χ0) is 15.0. The van der Waals surface area contributed by atoms with Gasteiger partial charge in [-0.25, -0.2) is 8.42 Å². The van der Waals surface area contributed by atoms with E-state index in [0.717, 1.165) is 31.7 Å². The molecule has 7 heteroatoms. The van der Waals surface area contributed by atoms with E-state index in [0.29, 0.717) is 17.3 Å². The molecule has 0 spiro atoms. The Balaban J connectivity index is 1.83. The van der Waals surface area contributed by atoms with Crippen LogP contribution >= 0.6 is 11.3 Å². The lowest BCUT2D eigenvalue weighted by molar-refractivity contribution is -0.0911. The molecule has 2 fully saturated rings. The monoisotopic (exact) mass is 330 g/mol. The summed E-state index contributed by atoms with van der Waals surface area (Å²) < 4.78 is 33.6. The number of thiophene rings is 1. The molecule has 2 aliphatic heterocycles. The summed E-state index contributed by atoms with van der Waals surface area (Å²) in [4.78, 5) is 2.34. The molecule has 2 aliphatic rings. The van der Waals surface area contributed by atoms with Crippen LogP contribution in [0, 0.1) is 6.92 Å². The van der Waals surface area contributed by atoms with Gasteiger partial charge in [-0.3, -0.25) is 4.90 Å². The first-order valence-electron chi connectivity index (χ1n) is 7.44. The number of nitrogens with zero attached hydrogens (tertiary/aromatic N) is 2. The third kappa shape index (κ3) is 2.77. The average molecular weight is 330 g/mol. The number of sulfonamides is 1. The minimum atomic E-state index is -3.36. The number of rotatable bonds is 3. The standard InChI is InChI=1S/C14H22N2O3S2/c1-3-15-7-8-19-13-4-6-16(10-12(13)15)21(17,18)14-11(2)5-9-20-14/h5,9,12-13H,3-4,6-8,10H2,1-2H3/t12-,13-/m1/s1. The fraction of sp³-hybridized carbons (Fsp3) is 0.714. The Hall–Kier alpha value is -0.470. The molecule has 118 valence electrons. The van der Waals surface area contributed by atoms with Crippen molar-refractivity contribution in [3.63, 3.8) is 0 Å². The molecule has 0 radical (unpaired) electrons. The molecule has 3 heterocycles. The van der Waals surface area contributed by atoms with Crippen molar-refractivity contribution in [3.8, 4) is 0 Å². The number of aryl methyl sites for hydroxylation is 1. The largest absolute Gasteiger partial charge is 0.375 e. The molecule has 0 saturated carbocycles. The summed E-state index contributed by atoms with van der Waals surface area (Å²) in [5.74, 6) is 0. The van der Waals surface area contributed by atoms with Crippen LogP contribution in [-0.2, 0) is 14.8 Å². The summed E-state index contributed by atoms with van der Waals surface area (Å²) in [6.07, 6.45) is 0.958. The first kappa shape index (κ1) is 15.4. The van der Waals surface area contributed by atoms with Crippen molar-refractivity contribution < 1.29 is 13.2 Å².